The average molecular weight is 487 g/mol. The van der Waals surface area contributed by atoms with E-state index >= 15 is 0 Å². The van der Waals surface area contributed by atoms with Gasteiger partial charge in [-0.3, -0.25) is 0 Å². The summed E-state index contributed by atoms with van der Waals surface area (Å²) in [6, 6.07) is 5.59. The van der Waals surface area contributed by atoms with E-state index in [4.69, 9.17) is 33.2 Å². The Bertz CT molecular complexity index is 1070. The minimum Gasteiger partial charge on any atom is -0.503 e. The molecule has 0 saturated carbocycles. The van der Waals surface area contributed by atoms with Crippen molar-refractivity contribution < 1.29 is 38.0 Å². The zero-order chi connectivity index (χ0) is 25.8. The summed E-state index contributed by atoms with van der Waals surface area (Å²) in [5.41, 5.74) is 2.00. The molecule has 0 amide bonds. The van der Waals surface area contributed by atoms with Crippen LogP contribution in [-0.2, 0) is 28.5 Å². The van der Waals surface area contributed by atoms with E-state index in [1.54, 1.807) is 13.0 Å². The molecule has 0 radical (unpaired) electrons. The van der Waals surface area contributed by atoms with Gasteiger partial charge in [0.2, 0.25) is 0 Å². The number of allylic oxidation sites excluding steroid dienone is 2. The van der Waals surface area contributed by atoms with Crippen molar-refractivity contribution in [1.82, 2.24) is 0 Å². The molecule has 35 heavy (non-hydrogen) atoms. The highest BCUT2D eigenvalue weighted by Gasteiger charge is 2.60. The van der Waals surface area contributed by atoms with Crippen LogP contribution in [0.2, 0.25) is 0 Å². The van der Waals surface area contributed by atoms with Crippen molar-refractivity contribution >= 4 is 12.0 Å². The Labute approximate surface area is 206 Å². The van der Waals surface area contributed by atoms with Crippen LogP contribution in [0.25, 0.3) is 6.08 Å². The van der Waals surface area contributed by atoms with Gasteiger partial charge in [-0.2, -0.15) is 0 Å². The molecule has 1 saturated heterocycles. The van der Waals surface area contributed by atoms with Crippen molar-refractivity contribution in [3.8, 4) is 11.5 Å². The molecule has 1 aromatic carbocycles. The van der Waals surface area contributed by atoms with Gasteiger partial charge in [0.1, 0.15) is 16.9 Å². The Hall–Kier alpha value is -3.23. The molecule has 2 aliphatic rings. The summed E-state index contributed by atoms with van der Waals surface area (Å²) in [5, 5.41) is 0. The molecule has 2 atom stereocenters. The molecule has 3 rings (SSSR count). The number of benzene rings is 1. The molecule has 1 spiro atoms. The summed E-state index contributed by atoms with van der Waals surface area (Å²) in [5.74, 6) is 0.0238. The lowest BCUT2D eigenvalue weighted by Gasteiger charge is -2.40. The number of esters is 1. The zero-order valence-corrected chi connectivity index (χ0v) is 21.6. The van der Waals surface area contributed by atoms with Crippen LogP contribution in [0.15, 0.2) is 59.1 Å². The fourth-order valence-corrected chi connectivity index (χ4v) is 3.80. The van der Waals surface area contributed by atoms with Gasteiger partial charge in [-0.05, 0) is 64.5 Å². The summed E-state index contributed by atoms with van der Waals surface area (Å²) in [7, 11) is 4.30. The van der Waals surface area contributed by atoms with Crippen LogP contribution < -0.4 is 9.47 Å². The Kier molecular flexibility index (Phi) is 7.97. The number of hydrogen-bond donors (Lipinski definition) is 0. The lowest BCUT2D eigenvalue weighted by molar-refractivity contribution is -0.216. The molecule has 1 fully saturated rings. The maximum Gasteiger partial charge on any atom is 0.341 e. The van der Waals surface area contributed by atoms with E-state index in [0.717, 1.165) is 11.1 Å². The van der Waals surface area contributed by atoms with Crippen LogP contribution >= 0.6 is 0 Å². The quantitative estimate of drug-likeness (QED) is 0.177. The normalized spacial score (nSPS) is 23.7. The smallest absolute Gasteiger partial charge is 0.341 e. The lowest BCUT2D eigenvalue weighted by atomic mass is 9.97. The van der Waals surface area contributed by atoms with Crippen LogP contribution in [0.4, 0.5) is 0 Å². The fourth-order valence-electron chi connectivity index (χ4n) is 3.80. The third kappa shape index (κ3) is 5.55. The molecule has 2 aliphatic heterocycles. The molecule has 0 bridgehead atoms. The second kappa shape index (κ2) is 10.6. The maximum atomic E-state index is 12.1. The van der Waals surface area contributed by atoms with E-state index in [2.05, 4.69) is 0 Å². The van der Waals surface area contributed by atoms with Gasteiger partial charge in [0.15, 0.2) is 24.4 Å². The molecule has 8 heteroatoms. The number of carbonyl (C=O) groups excluding carboxylic acids is 1. The maximum absolute atomic E-state index is 12.1. The highest BCUT2D eigenvalue weighted by molar-refractivity contribution is 5.93. The number of methoxy groups -OCH3 is 3. The van der Waals surface area contributed by atoms with Crippen molar-refractivity contribution in [2.75, 3.05) is 27.9 Å². The molecule has 0 unspecified atom stereocenters. The fraction of sp³-hybridized carbons (Fsp3) is 0.444. The predicted molar refractivity (Wildman–Crippen MR) is 131 cm³/mol. The molecule has 8 nitrogen and oxygen atoms in total. The average Bonchev–Trinajstić information content (AvgIpc) is 3.04. The minimum atomic E-state index is -1.09. The van der Waals surface area contributed by atoms with Gasteiger partial charge in [0, 0.05) is 5.57 Å². The number of hydrogen-bond acceptors (Lipinski definition) is 8. The first-order valence-corrected chi connectivity index (χ1v) is 11.3. The van der Waals surface area contributed by atoms with Crippen LogP contribution in [0.1, 0.15) is 40.2 Å². The van der Waals surface area contributed by atoms with Crippen molar-refractivity contribution in [2.45, 2.75) is 52.3 Å². The Morgan fingerprint density at radius 2 is 1.80 bits per heavy atom. The van der Waals surface area contributed by atoms with Crippen molar-refractivity contribution in [3.63, 3.8) is 0 Å². The summed E-state index contributed by atoms with van der Waals surface area (Å²) in [6.07, 6.45) is 6.32. The molecule has 0 aliphatic carbocycles. The van der Waals surface area contributed by atoms with Gasteiger partial charge in [0.05, 0.1) is 27.6 Å². The van der Waals surface area contributed by atoms with Gasteiger partial charge < -0.3 is 33.2 Å². The van der Waals surface area contributed by atoms with Gasteiger partial charge in [-0.15, -0.1) is 0 Å². The van der Waals surface area contributed by atoms with E-state index in [0.29, 0.717) is 22.8 Å². The second-order valence-corrected chi connectivity index (χ2v) is 8.99. The van der Waals surface area contributed by atoms with Crippen LogP contribution in [0, 0.1) is 0 Å². The monoisotopic (exact) mass is 486 g/mol. The first-order chi connectivity index (χ1) is 16.6. The molecular formula is C27H34O8. The summed E-state index contributed by atoms with van der Waals surface area (Å²) in [4.78, 5) is 12.1. The standard InChI is InChI=1S/C27H34O8/c1-17(2)13-24-34-26(4,5)27(35-24)16-32-22-12-10-19(14-23(22)33-27)9-11-21(30-7)18(3)20(15-29-6)25(28)31-8/h9-15,24H,16H2,1-8H3/b11-9+,20-15+,21-18+/t24-,27-/m1/s1. The highest BCUT2D eigenvalue weighted by atomic mass is 16.8. The number of fused-ring (bicyclic) bond motifs is 1. The molecular weight excluding hydrogens is 452 g/mol. The minimum absolute atomic E-state index is 0.202. The van der Waals surface area contributed by atoms with Gasteiger partial charge in [0.25, 0.3) is 5.79 Å². The largest absolute Gasteiger partial charge is 0.503 e. The Morgan fingerprint density at radius 1 is 1.06 bits per heavy atom. The van der Waals surface area contributed by atoms with Crippen LogP contribution in [0.3, 0.4) is 0 Å². The second-order valence-electron chi connectivity index (χ2n) is 8.99. The Morgan fingerprint density at radius 3 is 2.43 bits per heavy atom. The van der Waals surface area contributed by atoms with E-state index in [1.807, 2.05) is 58.0 Å². The number of rotatable bonds is 7. The topological polar surface area (TPSA) is 81.7 Å². The van der Waals surface area contributed by atoms with E-state index in [-0.39, 0.29) is 12.2 Å². The lowest BCUT2D eigenvalue weighted by Crippen LogP contribution is -2.58. The first kappa shape index (κ1) is 26.4. The summed E-state index contributed by atoms with van der Waals surface area (Å²) >= 11 is 0. The molecule has 2 heterocycles. The third-order valence-corrected chi connectivity index (χ3v) is 5.83. The van der Waals surface area contributed by atoms with E-state index in [1.165, 1.54) is 27.6 Å². The predicted octanol–water partition coefficient (Wildman–Crippen LogP) is 4.91. The van der Waals surface area contributed by atoms with E-state index < -0.39 is 23.6 Å². The number of ether oxygens (including phenoxy) is 7. The third-order valence-electron chi connectivity index (χ3n) is 5.83. The number of carbonyl (C=O) groups is 1. The Balaban J connectivity index is 1.89. The molecule has 0 N–H and O–H groups in total. The molecule has 0 aromatic heterocycles. The van der Waals surface area contributed by atoms with Crippen molar-refractivity contribution in [2.24, 2.45) is 0 Å². The van der Waals surface area contributed by atoms with Crippen molar-refractivity contribution in [3.05, 3.63) is 64.7 Å². The molecule has 190 valence electrons. The molecule has 1 aromatic rings. The van der Waals surface area contributed by atoms with Gasteiger partial charge in [-0.1, -0.05) is 17.7 Å². The van der Waals surface area contributed by atoms with Crippen molar-refractivity contribution in [1.29, 1.82) is 0 Å². The summed E-state index contributed by atoms with van der Waals surface area (Å²) < 4.78 is 40.0. The van der Waals surface area contributed by atoms with Gasteiger partial charge in [-0.25, -0.2) is 4.79 Å². The zero-order valence-electron chi connectivity index (χ0n) is 21.6. The summed E-state index contributed by atoms with van der Waals surface area (Å²) in [6.45, 7) is 9.78. The van der Waals surface area contributed by atoms with Gasteiger partial charge >= 0.3 is 5.97 Å². The SMILES string of the molecule is CO\C=C(C(=O)OC)/C(C)=C(\C=C\c1ccc2c(c1)O[C@]1(CO2)O[C@H](C=C(C)C)OC1(C)C)OC. The first-order valence-electron chi connectivity index (χ1n) is 11.3. The highest BCUT2D eigenvalue weighted by Crippen LogP contribution is 2.46. The van der Waals surface area contributed by atoms with E-state index in [9.17, 15) is 4.79 Å². The van der Waals surface area contributed by atoms with Crippen LogP contribution in [0.5, 0.6) is 11.5 Å². The van der Waals surface area contributed by atoms with Crippen LogP contribution in [-0.4, -0.2) is 51.6 Å².